The maximum atomic E-state index is 11.5. The van der Waals surface area contributed by atoms with Gasteiger partial charge in [-0.05, 0) is 31.2 Å². The highest BCUT2D eigenvalue weighted by Gasteiger charge is 2.15. The molecule has 138 valence electrons. The lowest BCUT2D eigenvalue weighted by molar-refractivity contribution is 0.340. The van der Waals surface area contributed by atoms with Gasteiger partial charge in [0.05, 0.1) is 12.4 Å². The van der Waals surface area contributed by atoms with Crippen LogP contribution >= 0.6 is 11.8 Å². The van der Waals surface area contributed by atoms with Crippen LogP contribution in [0.15, 0.2) is 45.1 Å². The van der Waals surface area contributed by atoms with Crippen LogP contribution in [0.4, 0.5) is 0 Å². The summed E-state index contributed by atoms with van der Waals surface area (Å²) in [4.78, 5) is 27.8. The minimum atomic E-state index is -0.563. The molecule has 0 fully saturated rings. The third-order valence-electron chi connectivity index (χ3n) is 3.56. The molecule has 9 heteroatoms. The monoisotopic (exact) mass is 383 g/mol. The molecule has 0 radical (unpaired) electrons. The molecule has 0 unspecified atom stereocenters. The number of aromatic nitrogens is 5. The molecule has 3 rings (SSSR count). The number of terminal acetylenes is 1. The zero-order valence-electron chi connectivity index (χ0n) is 14.6. The zero-order chi connectivity index (χ0) is 19.2. The van der Waals surface area contributed by atoms with Gasteiger partial charge in [0.25, 0.3) is 5.56 Å². The number of thioether (sulfide) groups is 1. The predicted molar refractivity (Wildman–Crippen MR) is 103 cm³/mol. The maximum absolute atomic E-state index is 11.5. The van der Waals surface area contributed by atoms with Gasteiger partial charge in [0.15, 0.2) is 5.16 Å². The average molecular weight is 383 g/mol. The van der Waals surface area contributed by atoms with Gasteiger partial charge in [-0.2, -0.15) is 0 Å². The second-order valence-electron chi connectivity index (χ2n) is 5.44. The molecule has 0 bridgehead atoms. The van der Waals surface area contributed by atoms with Crippen LogP contribution < -0.4 is 16.0 Å². The molecular weight excluding hydrogens is 366 g/mol. The number of ether oxygens (including phenoxy) is 1. The number of hydrogen-bond acceptors (Lipinski definition) is 6. The Morgan fingerprint density at radius 2 is 2.00 bits per heavy atom. The Morgan fingerprint density at radius 1 is 1.22 bits per heavy atom. The number of benzene rings is 1. The highest BCUT2D eigenvalue weighted by atomic mass is 32.2. The number of hydrogen-bond donors (Lipinski definition) is 2. The lowest BCUT2D eigenvalue weighted by Gasteiger charge is -2.11. The van der Waals surface area contributed by atoms with Gasteiger partial charge in [-0.15, -0.1) is 16.6 Å². The van der Waals surface area contributed by atoms with Gasteiger partial charge in [0.1, 0.15) is 11.6 Å². The fourth-order valence-electron chi connectivity index (χ4n) is 2.52. The van der Waals surface area contributed by atoms with E-state index in [0.717, 1.165) is 11.4 Å². The minimum Gasteiger partial charge on any atom is -0.494 e. The van der Waals surface area contributed by atoms with Crippen molar-refractivity contribution in [1.82, 2.24) is 24.7 Å². The summed E-state index contributed by atoms with van der Waals surface area (Å²) in [6.45, 7) is 2.50. The Balaban J connectivity index is 2.01. The number of rotatable bonds is 7. The normalized spacial score (nSPS) is 10.5. The fraction of sp³-hybridized carbons (Fsp3) is 0.222. The Morgan fingerprint density at radius 3 is 2.67 bits per heavy atom. The van der Waals surface area contributed by atoms with E-state index in [1.807, 2.05) is 35.8 Å². The molecule has 2 heterocycles. The Hall–Kier alpha value is -3.25. The van der Waals surface area contributed by atoms with Crippen LogP contribution in [0.2, 0.25) is 0 Å². The van der Waals surface area contributed by atoms with Crippen molar-refractivity contribution >= 4 is 11.8 Å². The van der Waals surface area contributed by atoms with Gasteiger partial charge in [0, 0.05) is 23.9 Å². The van der Waals surface area contributed by atoms with E-state index < -0.39 is 11.2 Å². The lowest BCUT2D eigenvalue weighted by Crippen LogP contribution is -2.23. The van der Waals surface area contributed by atoms with Gasteiger partial charge in [-0.25, -0.2) is 4.79 Å². The zero-order valence-corrected chi connectivity index (χ0v) is 15.4. The van der Waals surface area contributed by atoms with Gasteiger partial charge >= 0.3 is 5.69 Å². The van der Waals surface area contributed by atoms with Gasteiger partial charge in [-0.3, -0.25) is 14.3 Å². The third-order valence-corrected chi connectivity index (χ3v) is 4.39. The van der Waals surface area contributed by atoms with Gasteiger partial charge in [-0.1, -0.05) is 17.7 Å². The summed E-state index contributed by atoms with van der Waals surface area (Å²) in [5.41, 5.74) is 0.233. The van der Waals surface area contributed by atoms with Crippen molar-refractivity contribution in [3.8, 4) is 23.8 Å². The predicted octanol–water partition coefficient (Wildman–Crippen LogP) is 1.36. The van der Waals surface area contributed by atoms with Crippen LogP contribution in [0.5, 0.6) is 5.75 Å². The average Bonchev–Trinajstić information content (AvgIpc) is 3.02. The van der Waals surface area contributed by atoms with Crippen LogP contribution in [0.3, 0.4) is 0 Å². The fourth-order valence-corrected chi connectivity index (χ4v) is 3.17. The molecule has 0 aliphatic carbocycles. The van der Waals surface area contributed by atoms with Crippen molar-refractivity contribution in [3.63, 3.8) is 0 Å². The largest absolute Gasteiger partial charge is 0.494 e. The summed E-state index contributed by atoms with van der Waals surface area (Å²) in [7, 11) is 0. The van der Waals surface area contributed by atoms with Gasteiger partial charge in [0.2, 0.25) is 0 Å². The van der Waals surface area contributed by atoms with E-state index in [0.29, 0.717) is 29.0 Å². The standard InChI is InChI=1S/C18H17N5O3S/c1-3-9-27-18-22-21-15(10-12-11-16(24)20-17(25)19-12)23(18)13-5-7-14(8-6-13)26-4-2/h1,5-8,11H,4,9-10H2,2H3,(H2,19,20,24,25). The van der Waals surface area contributed by atoms with E-state index in [4.69, 9.17) is 11.2 Å². The number of nitrogens with zero attached hydrogens (tertiary/aromatic N) is 3. The Kier molecular flexibility index (Phi) is 5.78. The molecule has 1 aromatic carbocycles. The molecule has 0 atom stereocenters. The van der Waals surface area contributed by atoms with Crippen molar-refractivity contribution in [2.45, 2.75) is 18.5 Å². The SMILES string of the molecule is C#CCSc1nnc(Cc2cc(=O)[nH]c(=O)[nH]2)n1-c1ccc(OCC)cc1. The maximum Gasteiger partial charge on any atom is 0.325 e. The van der Waals surface area contributed by atoms with E-state index in [-0.39, 0.29) is 6.42 Å². The quantitative estimate of drug-likeness (QED) is 0.471. The summed E-state index contributed by atoms with van der Waals surface area (Å²) in [6.07, 6.45) is 5.59. The first kappa shape index (κ1) is 18.5. The molecule has 0 saturated heterocycles. The molecule has 0 aliphatic heterocycles. The van der Waals surface area contributed by atoms with Gasteiger partial charge < -0.3 is 9.72 Å². The van der Waals surface area contributed by atoms with Crippen LogP contribution in [0.25, 0.3) is 5.69 Å². The molecule has 0 amide bonds. The van der Waals surface area contributed by atoms with E-state index in [1.54, 1.807) is 0 Å². The molecule has 0 saturated carbocycles. The summed E-state index contributed by atoms with van der Waals surface area (Å²) < 4.78 is 7.32. The molecular formula is C18H17N5O3S. The lowest BCUT2D eigenvalue weighted by atomic mass is 10.2. The highest BCUT2D eigenvalue weighted by molar-refractivity contribution is 7.99. The van der Waals surface area contributed by atoms with Crippen molar-refractivity contribution < 1.29 is 4.74 Å². The smallest absolute Gasteiger partial charge is 0.325 e. The molecule has 3 aromatic rings. The highest BCUT2D eigenvalue weighted by Crippen LogP contribution is 2.24. The Labute approximate surface area is 159 Å². The van der Waals surface area contributed by atoms with Crippen LogP contribution in [-0.4, -0.2) is 37.1 Å². The molecule has 0 aliphatic rings. The first-order valence-corrected chi connectivity index (χ1v) is 9.15. The van der Waals surface area contributed by atoms with Crippen molar-refractivity contribution in [2.75, 3.05) is 12.4 Å². The topological polar surface area (TPSA) is 106 Å². The van der Waals surface area contributed by atoms with E-state index >= 15 is 0 Å². The number of aromatic amines is 2. The number of H-pyrrole nitrogens is 2. The molecule has 2 N–H and O–H groups in total. The van der Waals surface area contributed by atoms with Crippen LogP contribution in [0.1, 0.15) is 18.4 Å². The van der Waals surface area contributed by atoms with E-state index in [2.05, 4.69) is 26.1 Å². The van der Waals surface area contributed by atoms with Crippen molar-refractivity contribution in [2.24, 2.45) is 0 Å². The summed E-state index contributed by atoms with van der Waals surface area (Å²) in [5.74, 6) is 4.33. The van der Waals surface area contributed by atoms with Crippen LogP contribution in [-0.2, 0) is 6.42 Å². The second-order valence-corrected chi connectivity index (χ2v) is 6.39. The second kappa shape index (κ2) is 8.42. The summed E-state index contributed by atoms with van der Waals surface area (Å²) in [5, 5.41) is 9.04. The summed E-state index contributed by atoms with van der Waals surface area (Å²) in [6, 6.07) is 8.81. The first-order chi connectivity index (χ1) is 13.1. The van der Waals surface area contributed by atoms with Crippen molar-refractivity contribution in [3.05, 3.63) is 62.7 Å². The molecule has 8 nitrogen and oxygen atoms in total. The molecule has 2 aromatic heterocycles. The first-order valence-electron chi connectivity index (χ1n) is 8.17. The van der Waals surface area contributed by atoms with Crippen molar-refractivity contribution in [1.29, 1.82) is 0 Å². The molecule has 0 spiro atoms. The van der Waals surface area contributed by atoms with E-state index in [9.17, 15) is 9.59 Å². The Bertz CT molecular complexity index is 1050. The summed E-state index contributed by atoms with van der Waals surface area (Å²) >= 11 is 1.38. The third kappa shape index (κ3) is 4.48. The minimum absolute atomic E-state index is 0.232. The molecule has 27 heavy (non-hydrogen) atoms. The van der Waals surface area contributed by atoms with E-state index in [1.165, 1.54) is 17.8 Å². The number of nitrogens with one attached hydrogen (secondary N) is 2. The van der Waals surface area contributed by atoms with Crippen LogP contribution in [0, 0.1) is 12.3 Å².